The predicted molar refractivity (Wildman–Crippen MR) is 93.3 cm³/mol. The lowest BCUT2D eigenvalue weighted by atomic mass is 10.0. The Morgan fingerprint density at radius 2 is 1.68 bits per heavy atom. The molecule has 7 heteroatoms. The second kappa shape index (κ2) is 8.36. The molecule has 0 aromatic heterocycles. The monoisotopic (exact) mass is 372 g/mol. The summed E-state index contributed by atoms with van der Waals surface area (Å²) in [5.41, 5.74) is 6.91. The van der Waals surface area contributed by atoms with Gasteiger partial charge in [0.15, 0.2) is 0 Å². The predicted octanol–water partition coefficient (Wildman–Crippen LogP) is 4.09. The van der Waals surface area contributed by atoms with E-state index in [1.807, 2.05) is 19.1 Å². The number of benzene rings is 2. The molecule has 0 saturated heterocycles. The molecular weight excluding hydrogens is 353 g/mol. The summed E-state index contributed by atoms with van der Waals surface area (Å²) in [6, 6.07) is 11.5. The van der Waals surface area contributed by atoms with Crippen LogP contribution in [0.1, 0.15) is 28.3 Å². The highest BCUT2D eigenvalue weighted by Crippen LogP contribution is 2.32. The second-order valence-corrected chi connectivity index (χ2v) is 5.74. The van der Waals surface area contributed by atoms with Gasteiger partial charge in [-0.1, -0.05) is 48.0 Å². The molecule has 3 nitrogen and oxygen atoms in total. The molecule has 0 bridgehead atoms. The molecule has 0 radical (unpaired) electrons. The van der Waals surface area contributed by atoms with Gasteiger partial charge in [0.1, 0.15) is 6.04 Å². The van der Waals surface area contributed by atoms with Crippen molar-refractivity contribution in [2.24, 2.45) is 5.73 Å². The van der Waals surface area contributed by atoms with Crippen molar-refractivity contribution in [3.8, 4) is 0 Å². The van der Waals surface area contributed by atoms with Crippen LogP contribution in [0.3, 0.4) is 0 Å². The minimum absolute atomic E-state index is 0. The van der Waals surface area contributed by atoms with E-state index in [0.717, 1.165) is 11.6 Å². The van der Waals surface area contributed by atoms with Crippen molar-refractivity contribution in [2.45, 2.75) is 25.7 Å². The average Bonchev–Trinajstić information content (AvgIpc) is 2.53. The van der Waals surface area contributed by atoms with E-state index in [9.17, 15) is 18.0 Å². The number of carbonyl (C=O) groups excluding carboxylic acids is 1. The van der Waals surface area contributed by atoms with Gasteiger partial charge in [0.2, 0.25) is 5.91 Å². The number of halogens is 4. The maximum Gasteiger partial charge on any atom is 0.416 e. The van der Waals surface area contributed by atoms with Crippen molar-refractivity contribution in [1.82, 2.24) is 4.90 Å². The first kappa shape index (κ1) is 21.0. The first-order valence-corrected chi connectivity index (χ1v) is 7.42. The summed E-state index contributed by atoms with van der Waals surface area (Å²) < 4.78 is 39.1. The van der Waals surface area contributed by atoms with Crippen LogP contribution in [0.2, 0.25) is 0 Å². The molecule has 1 unspecified atom stereocenters. The maximum absolute atomic E-state index is 13.0. The summed E-state index contributed by atoms with van der Waals surface area (Å²) in [7, 11) is 1.45. The number of nitrogens with zero attached hydrogens (tertiary/aromatic N) is 1. The zero-order valence-electron chi connectivity index (χ0n) is 13.9. The molecule has 2 aromatic rings. The number of aryl methyl sites for hydroxylation is 1. The number of nitrogens with two attached hydrogens (primary N) is 1. The van der Waals surface area contributed by atoms with E-state index in [1.54, 1.807) is 12.1 Å². The minimum Gasteiger partial charge on any atom is -0.340 e. The smallest absolute Gasteiger partial charge is 0.340 e. The van der Waals surface area contributed by atoms with Gasteiger partial charge in [-0.3, -0.25) is 4.79 Å². The summed E-state index contributed by atoms with van der Waals surface area (Å²) in [5, 5.41) is 0. The number of carbonyl (C=O) groups is 1. The maximum atomic E-state index is 13.0. The van der Waals surface area contributed by atoms with Gasteiger partial charge in [0.25, 0.3) is 0 Å². The van der Waals surface area contributed by atoms with Crippen LogP contribution in [0.15, 0.2) is 48.5 Å². The molecule has 1 atom stereocenters. The van der Waals surface area contributed by atoms with Gasteiger partial charge in [0, 0.05) is 13.6 Å². The van der Waals surface area contributed by atoms with E-state index < -0.39 is 23.7 Å². The number of hydrogen-bond acceptors (Lipinski definition) is 2. The second-order valence-electron chi connectivity index (χ2n) is 5.74. The van der Waals surface area contributed by atoms with Crippen LogP contribution in [-0.4, -0.2) is 17.9 Å². The largest absolute Gasteiger partial charge is 0.416 e. The van der Waals surface area contributed by atoms with Crippen molar-refractivity contribution >= 4 is 18.3 Å². The molecule has 0 aliphatic heterocycles. The van der Waals surface area contributed by atoms with Crippen molar-refractivity contribution in [3.63, 3.8) is 0 Å². The quantitative estimate of drug-likeness (QED) is 0.878. The Labute approximate surface area is 151 Å². The molecule has 2 N–H and O–H groups in total. The number of rotatable bonds is 4. The third-order valence-electron chi connectivity index (χ3n) is 3.81. The van der Waals surface area contributed by atoms with Crippen LogP contribution >= 0.6 is 12.4 Å². The molecule has 0 fully saturated rings. The van der Waals surface area contributed by atoms with Crippen molar-refractivity contribution in [1.29, 1.82) is 0 Å². The molecule has 0 spiro atoms. The Morgan fingerprint density at radius 3 is 2.24 bits per heavy atom. The zero-order valence-corrected chi connectivity index (χ0v) is 14.7. The van der Waals surface area contributed by atoms with Gasteiger partial charge < -0.3 is 10.6 Å². The van der Waals surface area contributed by atoms with Gasteiger partial charge >= 0.3 is 6.18 Å². The lowest BCUT2D eigenvalue weighted by Crippen LogP contribution is -2.35. The molecule has 136 valence electrons. The number of likely N-dealkylation sites (N-methyl/N-ethyl adjacent to an activating group) is 1. The number of alkyl halides is 3. The molecule has 0 aliphatic rings. The lowest BCUT2D eigenvalue weighted by molar-refractivity contribution is -0.139. The molecule has 0 aliphatic carbocycles. The average molecular weight is 373 g/mol. The molecule has 0 saturated carbocycles. The Bertz CT molecular complexity index is 717. The van der Waals surface area contributed by atoms with E-state index >= 15 is 0 Å². The Balaban J connectivity index is 0.00000312. The standard InChI is InChI=1S/C18H19F3N2O.ClH/c1-12-7-9-13(10-8-12)16(22)17(24)23(2)11-14-5-3-4-6-15(14)18(19,20)21;/h3-10,16H,11,22H2,1-2H3;1H. The van der Waals surface area contributed by atoms with E-state index in [4.69, 9.17) is 5.73 Å². The molecule has 0 heterocycles. The van der Waals surface area contributed by atoms with Crippen molar-refractivity contribution in [2.75, 3.05) is 7.05 Å². The number of amides is 1. The van der Waals surface area contributed by atoms with E-state index in [2.05, 4.69) is 0 Å². The van der Waals surface area contributed by atoms with Gasteiger partial charge in [-0.15, -0.1) is 12.4 Å². The Kier molecular flexibility index (Phi) is 7.02. The van der Waals surface area contributed by atoms with Gasteiger partial charge in [-0.25, -0.2) is 0 Å². The van der Waals surface area contributed by atoms with Crippen LogP contribution in [0.5, 0.6) is 0 Å². The van der Waals surface area contributed by atoms with E-state index in [-0.39, 0.29) is 24.5 Å². The minimum atomic E-state index is -4.46. The summed E-state index contributed by atoms with van der Waals surface area (Å²) in [6.07, 6.45) is -4.46. The van der Waals surface area contributed by atoms with Crippen LogP contribution in [0, 0.1) is 6.92 Å². The van der Waals surface area contributed by atoms with Crippen LogP contribution < -0.4 is 5.73 Å². The normalized spacial score (nSPS) is 12.2. The Morgan fingerprint density at radius 1 is 1.12 bits per heavy atom. The van der Waals surface area contributed by atoms with Gasteiger partial charge in [0.05, 0.1) is 5.56 Å². The first-order chi connectivity index (χ1) is 11.2. The zero-order chi connectivity index (χ0) is 17.9. The molecule has 25 heavy (non-hydrogen) atoms. The topological polar surface area (TPSA) is 46.3 Å². The molecular formula is C18H20ClF3N2O. The highest BCUT2D eigenvalue weighted by molar-refractivity contribution is 5.85. The summed E-state index contributed by atoms with van der Waals surface area (Å²) in [6.45, 7) is 1.76. The summed E-state index contributed by atoms with van der Waals surface area (Å²) in [4.78, 5) is 13.6. The number of hydrogen-bond donors (Lipinski definition) is 1. The fourth-order valence-corrected chi connectivity index (χ4v) is 2.42. The highest BCUT2D eigenvalue weighted by Gasteiger charge is 2.33. The molecule has 1 amide bonds. The third-order valence-corrected chi connectivity index (χ3v) is 3.81. The van der Waals surface area contributed by atoms with Crippen LogP contribution in [0.25, 0.3) is 0 Å². The Hall–Kier alpha value is -2.05. The van der Waals surface area contributed by atoms with Gasteiger partial charge in [-0.2, -0.15) is 13.2 Å². The molecule has 2 aromatic carbocycles. The highest BCUT2D eigenvalue weighted by atomic mass is 35.5. The summed E-state index contributed by atoms with van der Waals surface area (Å²) >= 11 is 0. The fourth-order valence-electron chi connectivity index (χ4n) is 2.42. The SMILES string of the molecule is Cc1ccc(C(N)C(=O)N(C)Cc2ccccc2C(F)(F)F)cc1.Cl. The molecule has 2 rings (SSSR count). The van der Waals surface area contributed by atoms with Crippen LogP contribution in [-0.2, 0) is 17.5 Å². The first-order valence-electron chi connectivity index (χ1n) is 7.42. The van der Waals surface area contributed by atoms with Crippen molar-refractivity contribution in [3.05, 3.63) is 70.8 Å². The lowest BCUT2D eigenvalue weighted by Gasteiger charge is -2.23. The van der Waals surface area contributed by atoms with Gasteiger partial charge in [-0.05, 0) is 24.1 Å². The third kappa shape index (κ3) is 5.21. The van der Waals surface area contributed by atoms with Crippen molar-refractivity contribution < 1.29 is 18.0 Å². The van der Waals surface area contributed by atoms with Crippen LogP contribution in [0.4, 0.5) is 13.2 Å². The fraction of sp³-hybridized carbons (Fsp3) is 0.278. The summed E-state index contributed by atoms with van der Waals surface area (Å²) in [5.74, 6) is -0.434. The van der Waals surface area contributed by atoms with E-state index in [0.29, 0.717) is 5.56 Å². The van der Waals surface area contributed by atoms with E-state index in [1.165, 1.54) is 30.1 Å².